The van der Waals surface area contributed by atoms with Crippen molar-refractivity contribution >= 4 is 34.7 Å². The molecular weight excluding hydrogens is 328 g/mol. The number of hydrogen-bond acceptors (Lipinski definition) is 3. The topological polar surface area (TPSA) is 23.6 Å². The first-order chi connectivity index (χ1) is 12.2. The Morgan fingerprint density at radius 3 is 2.28 bits per heavy atom. The van der Waals surface area contributed by atoms with E-state index in [0.717, 1.165) is 26.9 Å². The van der Waals surface area contributed by atoms with Crippen LogP contribution in [0.5, 0.6) is 0 Å². The first-order valence-corrected chi connectivity index (χ1v) is 8.95. The fraction of sp³-hybridized carbons (Fsp3) is 0.0952. The average Bonchev–Trinajstić information content (AvgIpc) is 2.65. The summed E-state index contributed by atoms with van der Waals surface area (Å²) < 4.78 is 0. The summed E-state index contributed by atoms with van der Waals surface area (Å²) in [5.74, 6) is -0.00879. The van der Waals surface area contributed by atoms with E-state index in [2.05, 4.69) is 17.0 Å². The molecule has 0 fully saturated rings. The second-order valence-electron chi connectivity index (χ2n) is 6.10. The monoisotopic (exact) mass is 346 g/mol. The highest BCUT2D eigenvalue weighted by atomic mass is 32.2. The summed E-state index contributed by atoms with van der Waals surface area (Å²) in [6.07, 6.45) is 0. The zero-order chi connectivity index (χ0) is 17.4. The van der Waals surface area contributed by atoms with E-state index in [-0.39, 0.29) is 5.91 Å². The highest BCUT2D eigenvalue weighted by Gasteiger charge is 2.30. The number of hydrogen-bond donors (Lipinski definition) is 0. The molecule has 1 amide bonds. The Morgan fingerprint density at radius 2 is 1.52 bits per heavy atom. The molecular formula is C21H18N2OS. The third kappa shape index (κ3) is 2.68. The number of carbonyl (C=O) groups is 1. The minimum Gasteiger partial charge on any atom is -0.377 e. The Kier molecular flexibility index (Phi) is 3.98. The molecule has 25 heavy (non-hydrogen) atoms. The smallest absolute Gasteiger partial charge is 0.262 e. The fourth-order valence-corrected chi connectivity index (χ4v) is 4.29. The maximum atomic E-state index is 13.3. The fourth-order valence-electron chi connectivity index (χ4n) is 3.04. The molecule has 4 rings (SSSR count). The number of carbonyl (C=O) groups excluding carboxylic acids is 1. The number of nitrogens with zero attached hydrogens (tertiary/aromatic N) is 2. The maximum Gasteiger partial charge on any atom is 0.262 e. The summed E-state index contributed by atoms with van der Waals surface area (Å²) in [5.41, 5.74) is 3.67. The van der Waals surface area contributed by atoms with Gasteiger partial charge in [0.1, 0.15) is 0 Å². The van der Waals surface area contributed by atoms with Crippen molar-refractivity contribution < 1.29 is 4.79 Å². The largest absolute Gasteiger partial charge is 0.377 e. The number of para-hydroxylation sites is 1. The first-order valence-electron chi connectivity index (χ1n) is 8.13. The van der Waals surface area contributed by atoms with Crippen molar-refractivity contribution in [3.63, 3.8) is 0 Å². The second kappa shape index (κ2) is 6.30. The number of benzene rings is 3. The number of anilines is 3. The lowest BCUT2D eigenvalue weighted by Gasteiger charge is -2.33. The minimum atomic E-state index is -0.00879. The highest BCUT2D eigenvalue weighted by molar-refractivity contribution is 8.00. The molecule has 0 aromatic heterocycles. The van der Waals surface area contributed by atoms with E-state index in [1.165, 1.54) is 0 Å². The molecule has 0 radical (unpaired) electrons. The third-order valence-electron chi connectivity index (χ3n) is 4.24. The van der Waals surface area contributed by atoms with Crippen LogP contribution in [-0.4, -0.2) is 20.0 Å². The summed E-state index contributed by atoms with van der Waals surface area (Å²) >= 11 is 1.72. The molecule has 0 aliphatic carbocycles. The van der Waals surface area contributed by atoms with Crippen LogP contribution in [0.15, 0.2) is 82.6 Å². The standard InChI is InChI=1S/C21H18N2OS/c1-22(2)17-12-8-13-18-20(17)25-19-14-7-6-11-16(19)23(18)21(24)15-9-4-3-5-10-15/h3-14H,1-2H3. The second-order valence-corrected chi connectivity index (χ2v) is 7.15. The predicted octanol–water partition coefficient (Wildman–Crippen LogP) is 5.20. The summed E-state index contributed by atoms with van der Waals surface area (Å²) in [4.78, 5) is 19.4. The van der Waals surface area contributed by atoms with Gasteiger partial charge in [0.2, 0.25) is 0 Å². The van der Waals surface area contributed by atoms with Gasteiger partial charge in [-0.1, -0.05) is 48.2 Å². The number of rotatable bonds is 2. The number of amides is 1. The minimum absolute atomic E-state index is 0.00879. The van der Waals surface area contributed by atoms with Crippen LogP contribution < -0.4 is 9.80 Å². The van der Waals surface area contributed by atoms with Crippen LogP contribution in [0.4, 0.5) is 17.1 Å². The van der Waals surface area contributed by atoms with Crippen molar-refractivity contribution in [2.45, 2.75) is 9.79 Å². The van der Waals surface area contributed by atoms with Gasteiger partial charge >= 0.3 is 0 Å². The van der Waals surface area contributed by atoms with Gasteiger partial charge in [-0.3, -0.25) is 9.69 Å². The summed E-state index contributed by atoms with van der Waals surface area (Å²) in [6, 6.07) is 23.6. The Hall–Kier alpha value is -2.72. The molecule has 3 aromatic rings. The van der Waals surface area contributed by atoms with E-state index in [4.69, 9.17) is 0 Å². The van der Waals surface area contributed by atoms with Gasteiger partial charge in [0, 0.05) is 24.6 Å². The lowest BCUT2D eigenvalue weighted by Crippen LogP contribution is -2.29. The lowest BCUT2D eigenvalue weighted by atomic mass is 10.1. The van der Waals surface area contributed by atoms with E-state index in [0.29, 0.717) is 5.56 Å². The quantitative estimate of drug-likeness (QED) is 0.637. The van der Waals surface area contributed by atoms with Crippen molar-refractivity contribution in [3.8, 4) is 0 Å². The van der Waals surface area contributed by atoms with Gasteiger partial charge in [0.05, 0.1) is 22.0 Å². The van der Waals surface area contributed by atoms with Gasteiger partial charge in [-0.25, -0.2) is 0 Å². The molecule has 1 aliphatic heterocycles. The summed E-state index contributed by atoms with van der Waals surface area (Å²) in [6.45, 7) is 0. The Balaban J connectivity index is 1.93. The Bertz CT molecular complexity index is 938. The average molecular weight is 346 g/mol. The van der Waals surface area contributed by atoms with E-state index >= 15 is 0 Å². The van der Waals surface area contributed by atoms with Crippen LogP contribution >= 0.6 is 11.8 Å². The Labute approximate surface area is 151 Å². The predicted molar refractivity (Wildman–Crippen MR) is 104 cm³/mol. The molecule has 0 unspecified atom stereocenters. The van der Waals surface area contributed by atoms with Gasteiger partial charge in [0.25, 0.3) is 5.91 Å². The molecule has 0 saturated heterocycles. The van der Waals surface area contributed by atoms with Gasteiger partial charge in [-0.2, -0.15) is 0 Å². The molecule has 124 valence electrons. The number of fused-ring (bicyclic) bond motifs is 2. The van der Waals surface area contributed by atoms with Gasteiger partial charge in [-0.15, -0.1) is 0 Å². The molecule has 0 spiro atoms. The van der Waals surface area contributed by atoms with Crippen molar-refractivity contribution in [1.29, 1.82) is 0 Å². The van der Waals surface area contributed by atoms with E-state index in [1.54, 1.807) is 11.8 Å². The van der Waals surface area contributed by atoms with Gasteiger partial charge in [-0.05, 0) is 36.4 Å². The van der Waals surface area contributed by atoms with Crippen LogP contribution in [-0.2, 0) is 0 Å². The van der Waals surface area contributed by atoms with Crippen LogP contribution in [0.1, 0.15) is 10.4 Å². The zero-order valence-electron chi connectivity index (χ0n) is 14.1. The van der Waals surface area contributed by atoms with Crippen molar-refractivity contribution in [2.75, 3.05) is 23.9 Å². The third-order valence-corrected chi connectivity index (χ3v) is 5.43. The highest BCUT2D eigenvalue weighted by Crippen LogP contribution is 2.51. The van der Waals surface area contributed by atoms with Crippen molar-refractivity contribution in [3.05, 3.63) is 78.4 Å². The van der Waals surface area contributed by atoms with Crippen molar-refractivity contribution in [1.82, 2.24) is 0 Å². The molecule has 1 aliphatic rings. The zero-order valence-corrected chi connectivity index (χ0v) is 15.0. The van der Waals surface area contributed by atoms with Crippen LogP contribution in [0, 0.1) is 0 Å². The summed E-state index contributed by atoms with van der Waals surface area (Å²) in [5, 5.41) is 0. The first kappa shape index (κ1) is 15.8. The normalized spacial score (nSPS) is 12.3. The molecule has 0 N–H and O–H groups in total. The molecule has 0 saturated carbocycles. The molecule has 3 aromatic carbocycles. The lowest BCUT2D eigenvalue weighted by molar-refractivity contribution is 0.0998. The van der Waals surface area contributed by atoms with Crippen molar-refractivity contribution in [2.24, 2.45) is 0 Å². The van der Waals surface area contributed by atoms with E-state index in [9.17, 15) is 4.79 Å². The van der Waals surface area contributed by atoms with Crippen LogP contribution in [0.3, 0.4) is 0 Å². The van der Waals surface area contributed by atoms with E-state index < -0.39 is 0 Å². The Morgan fingerprint density at radius 1 is 0.840 bits per heavy atom. The van der Waals surface area contributed by atoms with Crippen LogP contribution in [0.25, 0.3) is 0 Å². The summed E-state index contributed by atoms with van der Waals surface area (Å²) in [7, 11) is 4.06. The SMILES string of the molecule is CN(C)c1cccc2c1Sc1ccccc1N2C(=O)c1ccccc1. The van der Waals surface area contributed by atoms with E-state index in [1.807, 2.05) is 79.7 Å². The van der Waals surface area contributed by atoms with Crippen LogP contribution in [0.2, 0.25) is 0 Å². The molecule has 1 heterocycles. The van der Waals surface area contributed by atoms with Gasteiger partial charge < -0.3 is 4.90 Å². The molecule has 0 bridgehead atoms. The maximum absolute atomic E-state index is 13.3. The molecule has 4 heteroatoms. The molecule has 3 nitrogen and oxygen atoms in total. The van der Waals surface area contributed by atoms with Gasteiger partial charge in [0.15, 0.2) is 0 Å². The molecule has 0 atom stereocenters.